The van der Waals surface area contributed by atoms with Crippen molar-refractivity contribution in [1.29, 1.82) is 0 Å². The third-order valence-electron chi connectivity index (χ3n) is 2.64. The van der Waals surface area contributed by atoms with Crippen LogP contribution in [0.15, 0.2) is 0 Å². The lowest BCUT2D eigenvalue weighted by molar-refractivity contribution is -0.162. The Bertz CT molecular complexity index is 201. The van der Waals surface area contributed by atoms with Crippen LogP contribution in [0.1, 0.15) is 12.8 Å². The molecule has 10 heavy (non-hydrogen) atoms. The molecule has 3 fully saturated rings. The van der Waals surface area contributed by atoms with Crippen molar-refractivity contribution in [3.8, 4) is 0 Å². The standard InChI is InChI=1S/C7H8O3/c8-6-2-4-3-1-5(3)9-7(4)10-6/h3-5,7H,1-2H2/t3-,4+,5-,7+/m1/s1. The number of hydrogen-bond donors (Lipinski definition) is 0. The van der Waals surface area contributed by atoms with Crippen LogP contribution in [0.25, 0.3) is 0 Å². The first-order chi connectivity index (χ1) is 4.84. The minimum Gasteiger partial charge on any atom is -0.435 e. The summed E-state index contributed by atoms with van der Waals surface area (Å²) >= 11 is 0. The Labute approximate surface area is 58.3 Å². The van der Waals surface area contributed by atoms with Gasteiger partial charge < -0.3 is 9.47 Å². The van der Waals surface area contributed by atoms with Crippen molar-refractivity contribution in [2.45, 2.75) is 25.2 Å². The second kappa shape index (κ2) is 1.37. The molecular weight excluding hydrogens is 132 g/mol. The molecule has 0 spiro atoms. The highest BCUT2D eigenvalue weighted by atomic mass is 16.7. The van der Waals surface area contributed by atoms with Crippen molar-refractivity contribution >= 4 is 5.97 Å². The molecule has 0 radical (unpaired) electrons. The molecule has 3 rings (SSSR count). The van der Waals surface area contributed by atoms with Crippen molar-refractivity contribution in [3.63, 3.8) is 0 Å². The molecule has 0 aromatic carbocycles. The Hall–Kier alpha value is -0.570. The van der Waals surface area contributed by atoms with Gasteiger partial charge in [-0.25, -0.2) is 0 Å². The Morgan fingerprint density at radius 3 is 3.10 bits per heavy atom. The fourth-order valence-corrected chi connectivity index (χ4v) is 2.00. The van der Waals surface area contributed by atoms with E-state index >= 15 is 0 Å². The highest BCUT2D eigenvalue weighted by Crippen LogP contribution is 2.53. The summed E-state index contributed by atoms with van der Waals surface area (Å²) in [5, 5.41) is 0. The van der Waals surface area contributed by atoms with Gasteiger partial charge in [0.15, 0.2) is 0 Å². The second-order valence-electron chi connectivity index (χ2n) is 3.30. The molecule has 3 heteroatoms. The minimum atomic E-state index is -0.170. The maximum absolute atomic E-state index is 10.7. The van der Waals surface area contributed by atoms with Gasteiger partial charge in [0.25, 0.3) is 0 Å². The van der Waals surface area contributed by atoms with E-state index in [-0.39, 0.29) is 12.3 Å². The summed E-state index contributed by atoms with van der Waals surface area (Å²) in [6, 6.07) is 0. The molecule has 2 aliphatic heterocycles. The van der Waals surface area contributed by atoms with Gasteiger partial charge in [0, 0.05) is 5.92 Å². The molecule has 0 bridgehead atoms. The molecule has 0 amide bonds. The lowest BCUT2D eigenvalue weighted by Gasteiger charge is -2.08. The fourth-order valence-electron chi connectivity index (χ4n) is 2.00. The predicted molar refractivity (Wildman–Crippen MR) is 31.0 cm³/mol. The summed E-state index contributed by atoms with van der Waals surface area (Å²) in [6.07, 6.45) is 2.00. The third kappa shape index (κ3) is 0.475. The summed E-state index contributed by atoms with van der Waals surface area (Å²) in [5.41, 5.74) is 0. The van der Waals surface area contributed by atoms with Crippen LogP contribution in [-0.4, -0.2) is 18.4 Å². The van der Waals surface area contributed by atoms with Gasteiger partial charge in [-0.1, -0.05) is 0 Å². The lowest BCUT2D eigenvalue weighted by atomic mass is 10.0. The van der Waals surface area contributed by atoms with Gasteiger partial charge in [-0.15, -0.1) is 0 Å². The quantitative estimate of drug-likeness (QED) is 0.454. The Morgan fingerprint density at radius 1 is 1.40 bits per heavy atom. The van der Waals surface area contributed by atoms with Crippen LogP contribution in [0.2, 0.25) is 0 Å². The zero-order valence-corrected chi connectivity index (χ0v) is 5.45. The molecule has 3 aliphatic rings. The maximum atomic E-state index is 10.7. The van der Waals surface area contributed by atoms with E-state index in [4.69, 9.17) is 9.47 Å². The summed E-state index contributed by atoms with van der Waals surface area (Å²) in [7, 11) is 0. The molecule has 1 aliphatic carbocycles. The van der Waals surface area contributed by atoms with Crippen molar-refractivity contribution in [1.82, 2.24) is 0 Å². The number of esters is 1. The van der Waals surface area contributed by atoms with E-state index in [0.29, 0.717) is 24.4 Å². The molecular formula is C7H8O3. The topological polar surface area (TPSA) is 35.5 Å². The van der Waals surface area contributed by atoms with E-state index < -0.39 is 0 Å². The smallest absolute Gasteiger partial charge is 0.308 e. The molecule has 3 nitrogen and oxygen atoms in total. The number of carbonyl (C=O) groups is 1. The number of fused-ring (bicyclic) bond motifs is 3. The fraction of sp³-hybridized carbons (Fsp3) is 0.857. The summed E-state index contributed by atoms with van der Waals surface area (Å²) in [5.74, 6) is 0.967. The van der Waals surface area contributed by atoms with Crippen molar-refractivity contribution in [3.05, 3.63) is 0 Å². The van der Waals surface area contributed by atoms with Gasteiger partial charge in [-0.3, -0.25) is 4.79 Å². The van der Waals surface area contributed by atoms with E-state index in [1.165, 1.54) is 0 Å². The second-order valence-corrected chi connectivity index (χ2v) is 3.30. The van der Waals surface area contributed by atoms with Crippen LogP contribution in [-0.2, 0) is 14.3 Å². The summed E-state index contributed by atoms with van der Waals surface area (Å²) in [4.78, 5) is 10.7. The first-order valence-corrected chi connectivity index (χ1v) is 3.69. The SMILES string of the molecule is O=C1C[C@@H]2[C@H](O1)O[C@@H]1C[C@H]21. The van der Waals surface area contributed by atoms with Gasteiger partial charge in [0.1, 0.15) is 0 Å². The Morgan fingerprint density at radius 2 is 2.30 bits per heavy atom. The van der Waals surface area contributed by atoms with Gasteiger partial charge in [-0.2, -0.15) is 0 Å². The Kier molecular flexibility index (Phi) is 0.703. The van der Waals surface area contributed by atoms with Crippen LogP contribution < -0.4 is 0 Å². The average Bonchev–Trinajstić information content (AvgIpc) is 2.40. The van der Waals surface area contributed by atoms with Crippen LogP contribution in [0, 0.1) is 11.8 Å². The largest absolute Gasteiger partial charge is 0.435 e. The van der Waals surface area contributed by atoms with Crippen LogP contribution >= 0.6 is 0 Å². The first kappa shape index (κ1) is 5.13. The first-order valence-electron chi connectivity index (χ1n) is 3.69. The van der Waals surface area contributed by atoms with Crippen molar-refractivity contribution < 1.29 is 14.3 Å². The van der Waals surface area contributed by atoms with Gasteiger partial charge in [-0.05, 0) is 12.3 Å². The lowest BCUT2D eigenvalue weighted by Crippen LogP contribution is -2.14. The van der Waals surface area contributed by atoms with Crippen molar-refractivity contribution in [2.75, 3.05) is 0 Å². The molecule has 2 heterocycles. The average molecular weight is 140 g/mol. The van der Waals surface area contributed by atoms with Crippen LogP contribution in [0.4, 0.5) is 0 Å². The van der Waals surface area contributed by atoms with Crippen molar-refractivity contribution in [2.24, 2.45) is 11.8 Å². The normalized spacial score (nSPS) is 55.8. The van der Waals surface area contributed by atoms with E-state index in [9.17, 15) is 4.79 Å². The molecule has 0 aromatic heterocycles. The molecule has 54 valence electrons. The maximum Gasteiger partial charge on any atom is 0.308 e. The zero-order valence-electron chi connectivity index (χ0n) is 5.45. The molecule has 0 aromatic rings. The molecule has 1 saturated carbocycles. The number of rotatable bonds is 0. The van der Waals surface area contributed by atoms with Crippen LogP contribution in [0.5, 0.6) is 0 Å². The highest BCUT2D eigenvalue weighted by Gasteiger charge is 2.59. The minimum absolute atomic E-state index is 0.0830. The number of hydrogen-bond acceptors (Lipinski definition) is 3. The van der Waals surface area contributed by atoms with Gasteiger partial charge in [0.05, 0.1) is 12.5 Å². The predicted octanol–water partition coefficient (Wildman–Crippen LogP) is 0.294. The van der Waals surface area contributed by atoms with Crippen LogP contribution in [0.3, 0.4) is 0 Å². The number of carbonyl (C=O) groups excluding carboxylic acids is 1. The third-order valence-corrected chi connectivity index (χ3v) is 2.64. The Balaban J connectivity index is 1.88. The van der Waals surface area contributed by atoms with E-state index in [0.717, 1.165) is 6.42 Å². The molecule has 4 atom stereocenters. The molecule has 2 saturated heterocycles. The van der Waals surface area contributed by atoms with Gasteiger partial charge >= 0.3 is 5.97 Å². The monoisotopic (exact) mass is 140 g/mol. The number of ether oxygens (including phenoxy) is 2. The van der Waals surface area contributed by atoms with E-state index in [1.54, 1.807) is 0 Å². The zero-order chi connectivity index (χ0) is 6.72. The molecule has 0 unspecified atom stereocenters. The summed E-state index contributed by atoms with van der Waals surface area (Å²) in [6.45, 7) is 0. The molecule has 0 N–H and O–H groups in total. The van der Waals surface area contributed by atoms with E-state index in [2.05, 4.69) is 0 Å². The van der Waals surface area contributed by atoms with Gasteiger partial charge in [0.2, 0.25) is 6.29 Å². The highest BCUT2D eigenvalue weighted by molar-refractivity contribution is 5.72. The summed E-state index contributed by atoms with van der Waals surface area (Å²) < 4.78 is 10.3. The van der Waals surface area contributed by atoms with E-state index in [1.807, 2.05) is 0 Å².